The Balaban J connectivity index is 2.34. The van der Waals surface area contributed by atoms with Gasteiger partial charge in [-0.05, 0) is 6.07 Å². The Labute approximate surface area is 83.2 Å². The first kappa shape index (κ1) is 7.98. The second-order valence-corrected chi connectivity index (χ2v) is 3.03. The molecule has 0 bridgehead atoms. The summed E-state index contributed by atoms with van der Waals surface area (Å²) in [4.78, 5) is 18.5. The van der Waals surface area contributed by atoms with Crippen molar-refractivity contribution in [2.75, 3.05) is 0 Å². The van der Waals surface area contributed by atoms with Crippen LogP contribution in [0.25, 0.3) is 17.0 Å². The number of hydrogen-bond acceptors (Lipinski definition) is 4. The quantitative estimate of drug-likeness (QED) is 0.629. The third-order valence-corrected chi connectivity index (χ3v) is 2.10. The summed E-state index contributed by atoms with van der Waals surface area (Å²) >= 11 is 0. The normalized spacial score (nSPS) is 10.9. The first-order valence-corrected chi connectivity index (χ1v) is 4.30. The number of rotatable bonds is 1. The molecule has 6 heteroatoms. The Bertz CT molecular complexity index is 650. The molecule has 0 amide bonds. The summed E-state index contributed by atoms with van der Waals surface area (Å²) in [5.41, 5.74) is 1.24. The van der Waals surface area contributed by atoms with E-state index in [9.17, 15) is 4.79 Å². The lowest BCUT2D eigenvalue weighted by atomic mass is 10.2. The number of fused-ring (bicyclic) bond motifs is 1. The van der Waals surface area contributed by atoms with Gasteiger partial charge in [-0.15, -0.1) is 0 Å². The molecule has 0 aromatic carbocycles. The maximum atomic E-state index is 11.6. The third-order valence-electron chi connectivity index (χ3n) is 2.10. The Morgan fingerprint density at radius 3 is 3.20 bits per heavy atom. The molecule has 0 fully saturated rings. The van der Waals surface area contributed by atoms with Crippen LogP contribution >= 0.6 is 0 Å². The van der Waals surface area contributed by atoms with Gasteiger partial charge in [0.15, 0.2) is 0 Å². The summed E-state index contributed by atoms with van der Waals surface area (Å²) in [5, 5.41) is 3.78. The van der Waals surface area contributed by atoms with Gasteiger partial charge in [0.25, 0.3) is 5.56 Å². The Hall–Kier alpha value is -2.37. The number of aromatic amines is 1. The fourth-order valence-electron chi connectivity index (χ4n) is 1.40. The van der Waals surface area contributed by atoms with E-state index in [1.165, 1.54) is 16.9 Å². The van der Waals surface area contributed by atoms with Crippen LogP contribution in [0, 0.1) is 0 Å². The van der Waals surface area contributed by atoms with Gasteiger partial charge in [-0.2, -0.15) is 14.6 Å². The van der Waals surface area contributed by atoms with E-state index in [2.05, 4.69) is 15.1 Å². The summed E-state index contributed by atoms with van der Waals surface area (Å²) < 4.78 is 6.14. The molecule has 0 unspecified atom stereocenters. The SMILES string of the molecule is O=c1cc(-c2ccoc2)[nH]c2ncnn12. The first-order valence-electron chi connectivity index (χ1n) is 4.30. The van der Waals surface area contributed by atoms with Crippen molar-refractivity contribution in [1.82, 2.24) is 19.6 Å². The lowest BCUT2D eigenvalue weighted by Gasteiger charge is -1.97. The van der Waals surface area contributed by atoms with Crippen LogP contribution in [0.15, 0.2) is 40.2 Å². The van der Waals surface area contributed by atoms with Crippen LogP contribution in [-0.2, 0) is 0 Å². The fourth-order valence-corrected chi connectivity index (χ4v) is 1.40. The predicted octanol–water partition coefficient (Wildman–Crippen LogP) is 0.678. The van der Waals surface area contributed by atoms with E-state index in [-0.39, 0.29) is 5.56 Å². The fraction of sp³-hybridized carbons (Fsp3) is 0. The highest BCUT2D eigenvalue weighted by Gasteiger charge is 2.05. The van der Waals surface area contributed by atoms with Gasteiger partial charge in [0.1, 0.15) is 6.33 Å². The van der Waals surface area contributed by atoms with E-state index in [1.807, 2.05) is 0 Å². The molecular formula is C9H6N4O2. The van der Waals surface area contributed by atoms with Gasteiger partial charge >= 0.3 is 0 Å². The second kappa shape index (κ2) is 2.81. The van der Waals surface area contributed by atoms with E-state index in [4.69, 9.17) is 4.42 Å². The van der Waals surface area contributed by atoms with Crippen LogP contribution in [0.3, 0.4) is 0 Å². The van der Waals surface area contributed by atoms with Crippen molar-refractivity contribution in [1.29, 1.82) is 0 Å². The molecule has 0 aliphatic rings. The lowest BCUT2D eigenvalue weighted by Crippen LogP contribution is -2.14. The molecule has 0 spiro atoms. The smallest absolute Gasteiger partial charge is 0.276 e. The topological polar surface area (TPSA) is 76.2 Å². The summed E-state index contributed by atoms with van der Waals surface area (Å²) in [6.07, 6.45) is 4.42. The van der Waals surface area contributed by atoms with Crippen LogP contribution < -0.4 is 5.56 Å². The molecule has 15 heavy (non-hydrogen) atoms. The average Bonchev–Trinajstić information content (AvgIpc) is 2.88. The maximum absolute atomic E-state index is 11.6. The van der Waals surface area contributed by atoms with E-state index < -0.39 is 0 Å². The van der Waals surface area contributed by atoms with Crippen molar-refractivity contribution < 1.29 is 4.42 Å². The van der Waals surface area contributed by atoms with Gasteiger partial charge in [0.2, 0.25) is 5.78 Å². The van der Waals surface area contributed by atoms with Crippen molar-refractivity contribution in [3.63, 3.8) is 0 Å². The van der Waals surface area contributed by atoms with E-state index in [0.29, 0.717) is 11.5 Å². The summed E-state index contributed by atoms with van der Waals surface area (Å²) in [5.74, 6) is 0.415. The van der Waals surface area contributed by atoms with Crippen molar-refractivity contribution in [2.45, 2.75) is 0 Å². The molecule has 0 aliphatic carbocycles. The number of nitrogens with zero attached hydrogens (tertiary/aromatic N) is 3. The number of aromatic nitrogens is 4. The third kappa shape index (κ3) is 1.15. The number of furan rings is 1. The minimum Gasteiger partial charge on any atom is -0.472 e. The molecule has 74 valence electrons. The minimum absolute atomic E-state index is 0.225. The molecule has 0 saturated heterocycles. The zero-order valence-electron chi connectivity index (χ0n) is 7.54. The van der Waals surface area contributed by atoms with Crippen LogP contribution in [-0.4, -0.2) is 19.6 Å². The van der Waals surface area contributed by atoms with Gasteiger partial charge in [-0.3, -0.25) is 4.79 Å². The summed E-state index contributed by atoms with van der Waals surface area (Å²) in [6.45, 7) is 0. The van der Waals surface area contributed by atoms with Crippen molar-refractivity contribution in [3.8, 4) is 11.3 Å². The monoisotopic (exact) mass is 202 g/mol. The molecule has 3 aromatic heterocycles. The largest absolute Gasteiger partial charge is 0.472 e. The van der Waals surface area contributed by atoms with Gasteiger partial charge < -0.3 is 9.40 Å². The highest BCUT2D eigenvalue weighted by molar-refractivity contribution is 5.58. The molecule has 0 atom stereocenters. The number of nitrogens with one attached hydrogen (secondary N) is 1. The maximum Gasteiger partial charge on any atom is 0.276 e. The van der Waals surface area contributed by atoms with Crippen LogP contribution in [0.2, 0.25) is 0 Å². The van der Waals surface area contributed by atoms with Crippen LogP contribution in [0.4, 0.5) is 0 Å². The van der Waals surface area contributed by atoms with E-state index in [0.717, 1.165) is 5.56 Å². The Morgan fingerprint density at radius 2 is 2.40 bits per heavy atom. The van der Waals surface area contributed by atoms with Crippen LogP contribution in [0.5, 0.6) is 0 Å². The minimum atomic E-state index is -0.225. The number of hydrogen-bond donors (Lipinski definition) is 1. The summed E-state index contributed by atoms with van der Waals surface area (Å²) in [6, 6.07) is 3.21. The highest BCUT2D eigenvalue weighted by Crippen LogP contribution is 2.15. The van der Waals surface area contributed by atoms with Crippen molar-refractivity contribution >= 4 is 5.78 Å². The molecule has 0 saturated carbocycles. The summed E-state index contributed by atoms with van der Waals surface area (Å²) in [7, 11) is 0. The van der Waals surface area contributed by atoms with Gasteiger partial charge in [0, 0.05) is 11.6 Å². The van der Waals surface area contributed by atoms with Crippen molar-refractivity contribution in [3.05, 3.63) is 41.3 Å². The van der Waals surface area contributed by atoms with Crippen LogP contribution in [0.1, 0.15) is 0 Å². The van der Waals surface area contributed by atoms with E-state index >= 15 is 0 Å². The van der Waals surface area contributed by atoms with Gasteiger partial charge in [0.05, 0.1) is 18.2 Å². The molecule has 1 N–H and O–H groups in total. The second-order valence-electron chi connectivity index (χ2n) is 3.03. The first-order chi connectivity index (χ1) is 7.34. The zero-order valence-corrected chi connectivity index (χ0v) is 7.54. The number of H-pyrrole nitrogens is 1. The molecule has 0 aliphatic heterocycles. The average molecular weight is 202 g/mol. The van der Waals surface area contributed by atoms with Gasteiger partial charge in [-0.25, -0.2) is 0 Å². The van der Waals surface area contributed by atoms with E-state index in [1.54, 1.807) is 18.6 Å². The van der Waals surface area contributed by atoms with Crippen molar-refractivity contribution in [2.24, 2.45) is 0 Å². The lowest BCUT2D eigenvalue weighted by molar-refractivity contribution is 0.568. The highest BCUT2D eigenvalue weighted by atomic mass is 16.3. The predicted molar refractivity (Wildman–Crippen MR) is 51.3 cm³/mol. The molecule has 0 radical (unpaired) electrons. The Kier molecular flexibility index (Phi) is 1.49. The van der Waals surface area contributed by atoms with Gasteiger partial charge in [-0.1, -0.05) is 0 Å². The molecule has 3 aromatic rings. The Morgan fingerprint density at radius 1 is 1.47 bits per heavy atom. The molecular weight excluding hydrogens is 196 g/mol. The molecule has 3 rings (SSSR count). The standard InChI is InChI=1S/C9H6N4O2/c14-8-3-7(6-1-2-15-4-6)12-9-10-5-11-13(8)9/h1-5H,(H,10,11,12). The zero-order chi connectivity index (χ0) is 10.3. The molecule has 3 heterocycles. The molecule has 6 nitrogen and oxygen atoms in total.